The van der Waals surface area contributed by atoms with Gasteiger partial charge in [0.2, 0.25) is 0 Å². The summed E-state index contributed by atoms with van der Waals surface area (Å²) in [4.78, 5) is 8.34. The molecular formula is C14H16N2O2. The van der Waals surface area contributed by atoms with Gasteiger partial charge in [-0.05, 0) is 44.0 Å². The Balaban J connectivity index is 2.33. The van der Waals surface area contributed by atoms with Crippen molar-refractivity contribution >= 4 is 0 Å². The Labute approximate surface area is 106 Å². The van der Waals surface area contributed by atoms with Crippen LogP contribution < -0.4 is 4.74 Å². The smallest absolute Gasteiger partial charge is 0.322 e. The first-order chi connectivity index (χ1) is 8.58. The molecule has 2 aromatic rings. The van der Waals surface area contributed by atoms with E-state index >= 15 is 0 Å². The van der Waals surface area contributed by atoms with Gasteiger partial charge in [0.25, 0.3) is 0 Å². The molecule has 0 bridgehead atoms. The minimum atomic E-state index is -0.119. The van der Waals surface area contributed by atoms with Crippen molar-refractivity contribution in [3.63, 3.8) is 0 Å². The van der Waals surface area contributed by atoms with Crippen LogP contribution >= 0.6 is 0 Å². The van der Waals surface area contributed by atoms with Crippen LogP contribution in [0.2, 0.25) is 0 Å². The minimum Gasteiger partial charge on any atom is -0.424 e. The standard InChI is InChI=1S/C14H16N2O2/c1-9-4-5-10(2)13(6-9)18-14-15-11(3)7-12(8-17)16-14/h4-7,17H,8H2,1-3H3. The van der Waals surface area contributed by atoms with Gasteiger partial charge in [-0.15, -0.1) is 0 Å². The molecule has 0 spiro atoms. The molecule has 0 radical (unpaired) electrons. The quantitative estimate of drug-likeness (QED) is 0.901. The molecule has 2 rings (SSSR count). The van der Waals surface area contributed by atoms with Gasteiger partial charge in [0.15, 0.2) is 0 Å². The van der Waals surface area contributed by atoms with Gasteiger partial charge in [-0.3, -0.25) is 0 Å². The number of aliphatic hydroxyl groups excluding tert-OH is 1. The van der Waals surface area contributed by atoms with Crippen molar-refractivity contribution in [1.29, 1.82) is 0 Å². The molecule has 0 aliphatic heterocycles. The number of hydrogen-bond donors (Lipinski definition) is 1. The van der Waals surface area contributed by atoms with Crippen LogP contribution in [-0.2, 0) is 6.61 Å². The first-order valence-corrected chi connectivity index (χ1v) is 5.79. The lowest BCUT2D eigenvalue weighted by Crippen LogP contribution is -1.99. The Hall–Kier alpha value is -1.94. The largest absolute Gasteiger partial charge is 0.424 e. The lowest BCUT2D eigenvalue weighted by atomic mass is 10.1. The van der Waals surface area contributed by atoms with Crippen LogP contribution in [0.1, 0.15) is 22.5 Å². The summed E-state index contributed by atoms with van der Waals surface area (Å²) in [5, 5.41) is 9.11. The Morgan fingerprint density at radius 3 is 2.61 bits per heavy atom. The predicted octanol–water partition coefficient (Wildman–Crippen LogP) is 2.69. The van der Waals surface area contributed by atoms with Gasteiger partial charge in [-0.2, -0.15) is 4.98 Å². The Kier molecular flexibility index (Phi) is 3.58. The monoisotopic (exact) mass is 244 g/mol. The van der Waals surface area contributed by atoms with Gasteiger partial charge in [0, 0.05) is 5.69 Å². The van der Waals surface area contributed by atoms with Crippen LogP contribution in [0.15, 0.2) is 24.3 Å². The van der Waals surface area contributed by atoms with Gasteiger partial charge < -0.3 is 9.84 Å². The van der Waals surface area contributed by atoms with E-state index in [1.165, 1.54) is 0 Å². The molecule has 0 saturated heterocycles. The molecule has 0 amide bonds. The number of ether oxygens (including phenoxy) is 1. The van der Waals surface area contributed by atoms with E-state index in [-0.39, 0.29) is 12.6 Å². The van der Waals surface area contributed by atoms with E-state index in [1.54, 1.807) is 6.07 Å². The summed E-state index contributed by atoms with van der Waals surface area (Å²) in [5.74, 6) is 0.740. The number of aliphatic hydroxyl groups is 1. The first kappa shape index (κ1) is 12.5. The third kappa shape index (κ3) is 2.84. The SMILES string of the molecule is Cc1ccc(C)c(Oc2nc(C)cc(CO)n2)c1. The van der Waals surface area contributed by atoms with E-state index in [4.69, 9.17) is 9.84 Å². The molecule has 0 fully saturated rings. The first-order valence-electron chi connectivity index (χ1n) is 5.79. The summed E-state index contributed by atoms with van der Waals surface area (Å²) in [7, 11) is 0. The third-order valence-corrected chi connectivity index (χ3v) is 2.59. The van der Waals surface area contributed by atoms with Crippen LogP contribution in [0, 0.1) is 20.8 Å². The van der Waals surface area contributed by atoms with E-state index in [0.717, 1.165) is 22.6 Å². The van der Waals surface area contributed by atoms with Crippen molar-refractivity contribution in [1.82, 2.24) is 9.97 Å². The number of nitrogens with zero attached hydrogens (tertiary/aromatic N) is 2. The van der Waals surface area contributed by atoms with Crippen LogP contribution in [0.5, 0.6) is 11.8 Å². The number of aromatic nitrogens is 2. The maximum absolute atomic E-state index is 9.11. The Morgan fingerprint density at radius 1 is 1.11 bits per heavy atom. The van der Waals surface area contributed by atoms with Crippen LogP contribution in [0.25, 0.3) is 0 Å². The zero-order valence-electron chi connectivity index (χ0n) is 10.8. The highest BCUT2D eigenvalue weighted by atomic mass is 16.5. The second-order valence-electron chi connectivity index (χ2n) is 4.31. The van der Waals surface area contributed by atoms with Crippen LogP contribution in [0.3, 0.4) is 0 Å². The highest BCUT2D eigenvalue weighted by molar-refractivity contribution is 5.37. The summed E-state index contributed by atoms with van der Waals surface area (Å²) < 4.78 is 5.68. The molecule has 18 heavy (non-hydrogen) atoms. The number of aryl methyl sites for hydroxylation is 3. The number of hydrogen-bond acceptors (Lipinski definition) is 4. The lowest BCUT2D eigenvalue weighted by molar-refractivity contribution is 0.274. The average molecular weight is 244 g/mol. The molecule has 4 heteroatoms. The molecular weight excluding hydrogens is 228 g/mol. The molecule has 0 atom stereocenters. The van der Waals surface area contributed by atoms with E-state index in [1.807, 2.05) is 39.0 Å². The van der Waals surface area contributed by atoms with E-state index in [9.17, 15) is 0 Å². The molecule has 94 valence electrons. The Bertz CT molecular complexity index is 568. The summed E-state index contributed by atoms with van der Waals surface area (Å²) in [6, 6.07) is 7.97. The average Bonchev–Trinajstić information content (AvgIpc) is 2.33. The molecule has 0 saturated carbocycles. The van der Waals surface area contributed by atoms with Crippen LogP contribution in [-0.4, -0.2) is 15.1 Å². The van der Waals surface area contributed by atoms with Gasteiger partial charge in [0.05, 0.1) is 12.3 Å². The van der Waals surface area contributed by atoms with E-state index in [2.05, 4.69) is 9.97 Å². The van der Waals surface area contributed by atoms with Gasteiger partial charge in [-0.1, -0.05) is 12.1 Å². The minimum absolute atomic E-state index is 0.119. The van der Waals surface area contributed by atoms with E-state index < -0.39 is 0 Å². The third-order valence-electron chi connectivity index (χ3n) is 2.59. The Morgan fingerprint density at radius 2 is 1.89 bits per heavy atom. The molecule has 0 aliphatic carbocycles. The molecule has 0 unspecified atom stereocenters. The van der Waals surface area contributed by atoms with E-state index in [0.29, 0.717) is 5.69 Å². The molecule has 1 aromatic heterocycles. The fourth-order valence-corrected chi connectivity index (χ4v) is 1.65. The summed E-state index contributed by atoms with van der Waals surface area (Å²) in [6.07, 6.45) is 0. The summed E-state index contributed by atoms with van der Waals surface area (Å²) in [5.41, 5.74) is 3.47. The van der Waals surface area contributed by atoms with Crippen molar-refractivity contribution in [3.05, 3.63) is 46.8 Å². The topological polar surface area (TPSA) is 55.2 Å². The molecule has 0 aliphatic rings. The predicted molar refractivity (Wildman–Crippen MR) is 68.7 cm³/mol. The van der Waals surface area contributed by atoms with Gasteiger partial charge in [-0.25, -0.2) is 4.98 Å². The maximum atomic E-state index is 9.11. The second-order valence-corrected chi connectivity index (χ2v) is 4.31. The normalized spacial score (nSPS) is 10.4. The van der Waals surface area contributed by atoms with Gasteiger partial charge >= 0.3 is 6.01 Å². The maximum Gasteiger partial charge on any atom is 0.322 e. The molecule has 1 N–H and O–H groups in total. The van der Waals surface area contributed by atoms with Crippen molar-refractivity contribution in [2.45, 2.75) is 27.4 Å². The van der Waals surface area contributed by atoms with Gasteiger partial charge in [0.1, 0.15) is 5.75 Å². The fourth-order valence-electron chi connectivity index (χ4n) is 1.65. The highest BCUT2D eigenvalue weighted by Gasteiger charge is 2.06. The van der Waals surface area contributed by atoms with Crippen molar-refractivity contribution in [3.8, 4) is 11.8 Å². The van der Waals surface area contributed by atoms with Crippen molar-refractivity contribution < 1.29 is 9.84 Å². The second kappa shape index (κ2) is 5.14. The molecule has 1 heterocycles. The molecule has 4 nitrogen and oxygen atoms in total. The zero-order chi connectivity index (χ0) is 13.1. The fraction of sp³-hybridized carbons (Fsp3) is 0.286. The summed E-state index contributed by atoms with van der Waals surface area (Å²) in [6.45, 7) is 5.70. The zero-order valence-corrected chi connectivity index (χ0v) is 10.8. The molecule has 1 aromatic carbocycles. The van der Waals surface area contributed by atoms with Crippen molar-refractivity contribution in [2.75, 3.05) is 0 Å². The highest BCUT2D eigenvalue weighted by Crippen LogP contribution is 2.24. The lowest BCUT2D eigenvalue weighted by Gasteiger charge is -2.09. The van der Waals surface area contributed by atoms with Crippen LogP contribution in [0.4, 0.5) is 0 Å². The number of rotatable bonds is 3. The number of benzene rings is 1. The van der Waals surface area contributed by atoms with Crippen molar-refractivity contribution in [2.24, 2.45) is 0 Å². The summed E-state index contributed by atoms with van der Waals surface area (Å²) >= 11 is 0.